The van der Waals surface area contributed by atoms with Crippen molar-refractivity contribution in [2.75, 3.05) is 32.7 Å². The van der Waals surface area contributed by atoms with Crippen LogP contribution in [0.1, 0.15) is 43.1 Å². The zero-order valence-electron chi connectivity index (χ0n) is 22.3. The van der Waals surface area contributed by atoms with Gasteiger partial charge in [-0.1, -0.05) is 25.1 Å². The number of nitrogens with zero attached hydrogens (tertiary/aromatic N) is 5. The highest BCUT2D eigenvalue weighted by Crippen LogP contribution is 2.31. The molecule has 1 saturated heterocycles. The maximum atomic E-state index is 13.5. The number of likely N-dealkylation sites (tertiary alicyclic amines) is 1. The molecule has 3 aliphatic rings. The van der Waals surface area contributed by atoms with E-state index in [2.05, 4.69) is 69.7 Å². The lowest BCUT2D eigenvalue weighted by Gasteiger charge is -2.37. The summed E-state index contributed by atoms with van der Waals surface area (Å²) >= 11 is 0. The third-order valence-electron chi connectivity index (χ3n) is 8.42. The standard InChI is InChI=1S/C31H37N5O/c1-21-12-23(18-35(17-21)19-27-15-24-6-4-5-7-29(24)34(27)3)14-30(37)36-11-9-26-16-33-31(28(26)20-36)25-8-10-32-22(2)13-25/h4-8,10,13,15,21,23H,9,11-12,14,16-20H2,1-3H3. The van der Waals surface area contributed by atoms with Crippen LogP contribution in [-0.2, 0) is 18.4 Å². The van der Waals surface area contributed by atoms with E-state index < -0.39 is 0 Å². The summed E-state index contributed by atoms with van der Waals surface area (Å²) in [5, 5.41) is 1.30. The number of fused-ring (bicyclic) bond motifs is 1. The van der Waals surface area contributed by atoms with Gasteiger partial charge in [-0.05, 0) is 72.4 Å². The van der Waals surface area contributed by atoms with Crippen LogP contribution >= 0.6 is 0 Å². The molecule has 0 radical (unpaired) electrons. The van der Waals surface area contributed by atoms with Crippen LogP contribution in [0.15, 0.2) is 64.8 Å². The summed E-state index contributed by atoms with van der Waals surface area (Å²) in [6, 6.07) is 15.0. The first-order chi connectivity index (χ1) is 17.9. The summed E-state index contributed by atoms with van der Waals surface area (Å²) in [5.41, 5.74) is 8.47. The number of aryl methyl sites for hydroxylation is 2. The Balaban J connectivity index is 1.11. The van der Waals surface area contributed by atoms with Crippen molar-refractivity contribution in [2.45, 2.75) is 39.7 Å². The van der Waals surface area contributed by atoms with Crippen LogP contribution in [0.25, 0.3) is 10.9 Å². The molecule has 192 valence electrons. The predicted molar refractivity (Wildman–Crippen MR) is 149 cm³/mol. The molecule has 0 N–H and O–H groups in total. The average Bonchev–Trinajstić information content (AvgIpc) is 3.44. The van der Waals surface area contributed by atoms with Gasteiger partial charge in [0.05, 0.1) is 12.3 Å². The van der Waals surface area contributed by atoms with Gasteiger partial charge in [-0.2, -0.15) is 0 Å². The molecule has 2 unspecified atom stereocenters. The Hall–Kier alpha value is -3.25. The van der Waals surface area contributed by atoms with Gasteiger partial charge in [0.2, 0.25) is 5.91 Å². The molecule has 2 aromatic heterocycles. The summed E-state index contributed by atoms with van der Waals surface area (Å²) < 4.78 is 2.32. The average molecular weight is 496 g/mol. The molecule has 6 rings (SSSR count). The molecule has 5 heterocycles. The van der Waals surface area contributed by atoms with Crippen LogP contribution in [0, 0.1) is 18.8 Å². The first-order valence-electron chi connectivity index (χ1n) is 13.7. The second-order valence-electron chi connectivity index (χ2n) is 11.4. The van der Waals surface area contributed by atoms with Crippen LogP contribution in [0.4, 0.5) is 0 Å². The van der Waals surface area contributed by atoms with Crippen molar-refractivity contribution >= 4 is 22.5 Å². The van der Waals surface area contributed by atoms with Crippen LogP contribution in [0.5, 0.6) is 0 Å². The first-order valence-corrected chi connectivity index (χ1v) is 13.7. The summed E-state index contributed by atoms with van der Waals surface area (Å²) in [6.45, 7) is 9.65. The molecule has 6 nitrogen and oxygen atoms in total. The maximum Gasteiger partial charge on any atom is 0.223 e. The molecule has 37 heavy (non-hydrogen) atoms. The fourth-order valence-corrected chi connectivity index (χ4v) is 6.64. The topological polar surface area (TPSA) is 53.7 Å². The van der Waals surface area contributed by atoms with Gasteiger partial charge in [0, 0.05) is 74.9 Å². The number of amides is 1. The highest BCUT2D eigenvalue weighted by Gasteiger charge is 2.32. The number of carbonyl (C=O) groups is 1. The van der Waals surface area contributed by atoms with E-state index in [1.54, 1.807) is 0 Å². The summed E-state index contributed by atoms with van der Waals surface area (Å²) in [4.78, 5) is 27.4. The van der Waals surface area contributed by atoms with E-state index in [-0.39, 0.29) is 0 Å². The molecule has 0 spiro atoms. The van der Waals surface area contributed by atoms with Crippen molar-refractivity contribution in [1.82, 2.24) is 19.4 Å². The number of pyridine rings is 1. The highest BCUT2D eigenvalue weighted by molar-refractivity contribution is 6.15. The van der Waals surface area contributed by atoms with Gasteiger partial charge in [0.1, 0.15) is 0 Å². The number of hydrogen-bond donors (Lipinski definition) is 0. The van der Waals surface area contributed by atoms with Crippen molar-refractivity contribution in [3.63, 3.8) is 0 Å². The Morgan fingerprint density at radius 2 is 2.00 bits per heavy atom. The lowest BCUT2D eigenvalue weighted by Crippen LogP contribution is -2.43. The smallest absolute Gasteiger partial charge is 0.223 e. The number of para-hydroxylation sites is 1. The van der Waals surface area contributed by atoms with Crippen molar-refractivity contribution in [1.29, 1.82) is 0 Å². The number of benzene rings is 1. The number of rotatable bonds is 5. The van der Waals surface area contributed by atoms with E-state index in [9.17, 15) is 4.79 Å². The Bertz CT molecular complexity index is 1400. The van der Waals surface area contributed by atoms with E-state index in [0.717, 1.165) is 62.5 Å². The molecule has 1 amide bonds. The van der Waals surface area contributed by atoms with Gasteiger partial charge in [0.25, 0.3) is 0 Å². The molecule has 3 aliphatic heterocycles. The minimum atomic E-state index is 0.298. The van der Waals surface area contributed by atoms with Gasteiger partial charge < -0.3 is 9.47 Å². The molecule has 1 aromatic carbocycles. The summed E-state index contributed by atoms with van der Waals surface area (Å²) in [7, 11) is 2.17. The normalized spacial score (nSPS) is 22.5. The van der Waals surface area contributed by atoms with Gasteiger partial charge in [-0.25, -0.2) is 0 Å². The molecule has 1 fully saturated rings. The van der Waals surface area contributed by atoms with Crippen molar-refractivity contribution in [3.05, 3.63) is 76.8 Å². The number of hydrogen-bond acceptors (Lipinski definition) is 4. The lowest BCUT2D eigenvalue weighted by atomic mass is 9.87. The molecule has 0 saturated carbocycles. The predicted octanol–water partition coefficient (Wildman–Crippen LogP) is 4.76. The van der Waals surface area contributed by atoms with E-state index in [1.165, 1.54) is 27.7 Å². The fraction of sp³-hybridized carbons (Fsp3) is 0.452. The molecular formula is C31H37N5O. The van der Waals surface area contributed by atoms with Crippen LogP contribution in [0.2, 0.25) is 0 Å². The minimum Gasteiger partial charge on any atom is -0.346 e. The quantitative estimate of drug-likeness (QED) is 0.513. The molecule has 3 aromatic rings. The zero-order valence-corrected chi connectivity index (χ0v) is 22.3. The van der Waals surface area contributed by atoms with E-state index in [0.29, 0.717) is 30.7 Å². The van der Waals surface area contributed by atoms with Crippen LogP contribution in [-0.4, -0.2) is 63.7 Å². The molecule has 6 heteroatoms. The highest BCUT2D eigenvalue weighted by atomic mass is 16.2. The summed E-state index contributed by atoms with van der Waals surface area (Å²) in [5.74, 6) is 1.30. The zero-order chi connectivity index (χ0) is 25.5. The van der Waals surface area contributed by atoms with E-state index >= 15 is 0 Å². The molecule has 0 aliphatic carbocycles. The van der Waals surface area contributed by atoms with Crippen LogP contribution in [0.3, 0.4) is 0 Å². The molecule has 2 atom stereocenters. The Morgan fingerprint density at radius 3 is 2.84 bits per heavy atom. The number of carbonyl (C=O) groups excluding carboxylic acids is 1. The number of piperidine rings is 1. The lowest BCUT2D eigenvalue weighted by molar-refractivity contribution is -0.132. The van der Waals surface area contributed by atoms with Gasteiger partial charge in [-0.15, -0.1) is 0 Å². The Kier molecular flexibility index (Phi) is 6.45. The van der Waals surface area contributed by atoms with Crippen molar-refractivity contribution < 1.29 is 4.79 Å². The fourth-order valence-electron chi connectivity index (χ4n) is 6.64. The monoisotopic (exact) mass is 495 g/mol. The number of aliphatic imine (C=N–C) groups is 1. The third-order valence-corrected chi connectivity index (χ3v) is 8.42. The van der Waals surface area contributed by atoms with Crippen LogP contribution < -0.4 is 0 Å². The largest absolute Gasteiger partial charge is 0.346 e. The van der Waals surface area contributed by atoms with Gasteiger partial charge in [0.15, 0.2) is 0 Å². The SMILES string of the molecule is Cc1cc(C2=NCC3=C2CN(C(=O)CC2CC(C)CN(Cc4cc5ccccc5n4C)C2)CC3)ccn1. The maximum absolute atomic E-state index is 13.5. The van der Waals surface area contributed by atoms with Crippen molar-refractivity contribution in [2.24, 2.45) is 23.9 Å². The van der Waals surface area contributed by atoms with Gasteiger partial charge >= 0.3 is 0 Å². The number of aromatic nitrogens is 2. The first kappa shape index (κ1) is 24.1. The van der Waals surface area contributed by atoms with E-state index in [4.69, 9.17) is 4.99 Å². The third kappa shape index (κ3) is 4.87. The summed E-state index contributed by atoms with van der Waals surface area (Å²) in [6.07, 6.45) is 4.56. The second kappa shape index (κ2) is 9.90. The Morgan fingerprint density at radius 1 is 1.14 bits per heavy atom. The molecule has 0 bridgehead atoms. The van der Waals surface area contributed by atoms with Gasteiger partial charge in [-0.3, -0.25) is 19.7 Å². The Labute approximate surface area is 219 Å². The minimum absolute atomic E-state index is 0.298. The molecular weight excluding hydrogens is 458 g/mol. The second-order valence-corrected chi connectivity index (χ2v) is 11.4. The van der Waals surface area contributed by atoms with E-state index in [1.807, 2.05) is 19.2 Å². The van der Waals surface area contributed by atoms with Crippen molar-refractivity contribution in [3.8, 4) is 0 Å².